The van der Waals surface area contributed by atoms with Crippen molar-refractivity contribution in [3.63, 3.8) is 0 Å². The van der Waals surface area contributed by atoms with Crippen LogP contribution in [-0.2, 0) is 10.0 Å². The lowest BCUT2D eigenvalue weighted by molar-refractivity contribution is 0.267. The number of rotatable bonds is 3. The second-order valence-corrected chi connectivity index (χ2v) is 6.09. The monoisotopic (exact) mass is 230 g/mol. The smallest absolute Gasteiger partial charge is 0.211 e. The first kappa shape index (κ1) is 12.5. The van der Waals surface area contributed by atoms with Crippen LogP contribution in [0.25, 0.3) is 0 Å². The van der Waals surface area contributed by atoms with Gasteiger partial charge < -0.3 is 0 Å². The maximum Gasteiger partial charge on any atom is 0.230 e. The first-order valence-corrected chi connectivity index (χ1v) is 6.94. The van der Waals surface area contributed by atoms with Crippen molar-refractivity contribution in [2.75, 3.05) is 6.54 Å². The third-order valence-corrected chi connectivity index (χ3v) is 5.30. The van der Waals surface area contributed by atoms with E-state index in [4.69, 9.17) is 5.26 Å². The van der Waals surface area contributed by atoms with E-state index in [1.165, 1.54) is 4.31 Å². The highest BCUT2D eigenvalue weighted by Gasteiger charge is 2.35. The molecule has 2 atom stereocenters. The quantitative estimate of drug-likeness (QED) is 0.738. The van der Waals surface area contributed by atoms with Crippen LogP contribution < -0.4 is 0 Å². The number of hydrogen-bond donors (Lipinski definition) is 0. The second-order valence-electron chi connectivity index (χ2n) is 4.03. The molecule has 0 aromatic carbocycles. The van der Waals surface area contributed by atoms with Gasteiger partial charge in [0.2, 0.25) is 10.0 Å². The van der Waals surface area contributed by atoms with Crippen LogP contribution >= 0.6 is 0 Å². The normalized spacial score (nSPS) is 25.8. The molecule has 15 heavy (non-hydrogen) atoms. The van der Waals surface area contributed by atoms with Gasteiger partial charge in [-0.1, -0.05) is 13.3 Å². The molecule has 0 aromatic rings. The molecule has 0 N–H and O–H groups in total. The van der Waals surface area contributed by atoms with Crippen molar-refractivity contribution < 1.29 is 8.42 Å². The molecule has 2 unspecified atom stereocenters. The molecule has 0 spiro atoms. The highest BCUT2D eigenvalue weighted by atomic mass is 32.2. The summed E-state index contributed by atoms with van der Waals surface area (Å²) in [5.41, 5.74) is 0. The van der Waals surface area contributed by atoms with Crippen LogP contribution in [0.5, 0.6) is 0 Å². The number of nitrogens with zero attached hydrogens (tertiary/aromatic N) is 2. The third-order valence-electron chi connectivity index (χ3n) is 2.94. The van der Waals surface area contributed by atoms with E-state index in [-0.39, 0.29) is 6.04 Å². The van der Waals surface area contributed by atoms with Crippen LogP contribution in [0.1, 0.15) is 39.5 Å². The molecule has 1 saturated heterocycles. The number of hydrogen-bond acceptors (Lipinski definition) is 3. The summed E-state index contributed by atoms with van der Waals surface area (Å²) in [6.45, 7) is 4.22. The van der Waals surface area contributed by atoms with E-state index in [0.29, 0.717) is 13.0 Å². The van der Waals surface area contributed by atoms with Crippen molar-refractivity contribution in [2.45, 2.75) is 50.8 Å². The SMILES string of the molecule is CCC(C#N)S(=O)(=O)N1CCCCC1C. The van der Waals surface area contributed by atoms with E-state index in [1.54, 1.807) is 6.92 Å². The lowest BCUT2D eigenvalue weighted by Gasteiger charge is -2.33. The average Bonchev–Trinajstić information content (AvgIpc) is 2.19. The summed E-state index contributed by atoms with van der Waals surface area (Å²) in [5, 5.41) is 7.95. The van der Waals surface area contributed by atoms with Crippen LogP contribution in [0.3, 0.4) is 0 Å². The van der Waals surface area contributed by atoms with Gasteiger partial charge in [0.15, 0.2) is 5.25 Å². The topological polar surface area (TPSA) is 61.2 Å². The zero-order valence-corrected chi connectivity index (χ0v) is 10.1. The van der Waals surface area contributed by atoms with Crippen molar-refractivity contribution in [3.05, 3.63) is 0 Å². The summed E-state index contributed by atoms with van der Waals surface area (Å²) in [6, 6.07) is 1.93. The van der Waals surface area contributed by atoms with Crippen molar-refractivity contribution >= 4 is 10.0 Å². The van der Waals surface area contributed by atoms with Crippen LogP contribution in [0.2, 0.25) is 0 Å². The van der Waals surface area contributed by atoms with Crippen LogP contribution in [0, 0.1) is 11.3 Å². The van der Waals surface area contributed by atoms with E-state index < -0.39 is 15.3 Å². The Morgan fingerprint density at radius 1 is 1.53 bits per heavy atom. The molecule has 4 nitrogen and oxygen atoms in total. The minimum atomic E-state index is -3.40. The van der Waals surface area contributed by atoms with Gasteiger partial charge in [-0.2, -0.15) is 9.57 Å². The Labute approximate surface area is 91.9 Å². The Bertz CT molecular complexity index is 345. The van der Waals surface area contributed by atoms with Gasteiger partial charge in [0.25, 0.3) is 0 Å². The van der Waals surface area contributed by atoms with E-state index in [0.717, 1.165) is 19.3 Å². The van der Waals surface area contributed by atoms with E-state index in [9.17, 15) is 8.42 Å². The fourth-order valence-electron chi connectivity index (χ4n) is 1.98. The Morgan fingerprint density at radius 2 is 2.20 bits per heavy atom. The second kappa shape index (κ2) is 4.95. The molecule has 86 valence electrons. The molecule has 0 saturated carbocycles. The number of nitriles is 1. The lowest BCUT2D eigenvalue weighted by Crippen LogP contribution is -2.46. The van der Waals surface area contributed by atoms with Crippen LogP contribution in [-0.4, -0.2) is 30.6 Å². The van der Waals surface area contributed by atoms with Gasteiger partial charge in [0.05, 0.1) is 6.07 Å². The van der Waals surface area contributed by atoms with Gasteiger partial charge >= 0.3 is 0 Å². The Kier molecular flexibility index (Phi) is 4.12. The third kappa shape index (κ3) is 2.50. The highest BCUT2D eigenvalue weighted by Crippen LogP contribution is 2.23. The van der Waals surface area contributed by atoms with E-state index in [2.05, 4.69) is 0 Å². The molecular weight excluding hydrogens is 212 g/mol. The van der Waals surface area contributed by atoms with Gasteiger partial charge in [0, 0.05) is 12.6 Å². The van der Waals surface area contributed by atoms with Crippen molar-refractivity contribution in [3.8, 4) is 6.07 Å². The van der Waals surface area contributed by atoms with Gasteiger partial charge in [-0.15, -0.1) is 0 Å². The summed E-state index contributed by atoms with van der Waals surface area (Å²) in [5.74, 6) is 0. The fraction of sp³-hybridized carbons (Fsp3) is 0.900. The van der Waals surface area contributed by atoms with Gasteiger partial charge in [-0.25, -0.2) is 8.42 Å². The first-order valence-electron chi connectivity index (χ1n) is 5.44. The van der Waals surface area contributed by atoms with Gasteiger partial charge in [-0.05, 0) is 26.2 Å². The van der Waals surface area contributed by atoms with E-state index >= 15 is 0 Å². The molecule has 5 heteroatoms. The Hall–Kier alpha value is -0.600. The van der Waals surface area contributed by atoms with Gasteiger partial charge in [0.1, 0.15) is 0 Å². The molecule has 0 radical (unpaired) electrons. The van der Waals surface area contributed by atoms with Crippen molar-refractivity contribution in [1.82, 2.24) is 4.31 Å². The van der Waals surface area contributed by atoms with E-state index in [1.807, 2.05) is 13.0 Å². The predicted octanol–water partition coefficient (Wildman–Crippen LogP) is 1.49. The molecule has 1 aliphatic heterocycles. The number of piperidine rings is 1. The molecular formula is C10H18N2O2S. The van der Waals surface area contributed by atoms with Gasteiger partial charge in [-0.3, -0.25) is 0 Å². The Morgan fingerprint density at radius 3 is 2.67 bits per heavy atom. The summed E-state index contributed by atoms with van der Waals surface area (Å²) in [7, 11) is -3.40. The van der Waals surface area contributed by atoms with Crippen molar-refractivity contribution in [1.29, 1.82) is 5.26 Å². The van der Waals surface area contributed by atoms with Crippen molar-refractivity contribution in [2.24, 2.45) is 0 Å². The zero-order chi connectivity index (χ0) is 11.5. The molecule has 0 aliphatic carbocycles. The summed E-state index contributed by atoms with van der Waals surface area (Å²) < 4.78 is 25.6. The fourth-order valence-corrected chi connectivity index (χ4v) is 3.85. The molecule has 0 amide bonds. The summed E-state index contributed by atoms with van der Waals surface area (Å²) >= 11 is 0. The minimum Gasteiger partial charge on any atom is -0.211 e. The predicted molar refractivity (Wildman–Crippen MR) is 58.6 cm³/mol. The van der Waals surface area contributed by atoms with Crippen LogP contribution in [0.4, 0.5) is 0 Å². The van der Waals surface area contributed by atoms with Crippen LogP contribution in [0.15, 0.2) is 0 Å². The number of sulfonamides is 1. The maximum atomic E-state index is 12.1. The molecule has 1 heterocycles. The average molecular weight is 230 g/mol. The molecule has 1 aliphatic rings. The summed E-state index contributed by atoms with van der Waals surface area (Å²) in [4.78, 5) is 0. The molecule has 0 aromatic heterocycles. The first-order chi connectivity index (χ1) is 7.04. The molecule has 1 fully saturated rings. The highest BCUT2D eigenvalue weighted by molar-refractivity contribution is 7.90. The largest absolute Gasteiger partial charge is 0.230 e. The summed E-state index contributed by atoms with van der Waals surface area (Å²) in [6.07, 6.45) is 3.26. The molecule has 0 bridgehead atoms. The standard InChI is InChI=1S/C10H18N2O2S/c1-3-10(8-11)15(13,14)12-7-5-4-6-9(12)2/h9-10H,3-7H2,1-2H3. The minimum absolute atomic E-state index is 0.0474. The maximum absolute atomic E-state index is 12.1. The molecule has 1 rings (SSSR count). The Balaban J connectivity index is 2.89. The zero-order valence-electron chi connectivity index (χ0n) is 9.31. The lowest BCUT2D eigenvalue weighted by atomic mass is 10.1.